The van der Waals surface area contributed by atoms with Crippen LogP contribution >= 0.6 is 0 Å². The molecule has 10 heavy (non-hydrogen) atoms. The van der Waals surface area contributed by atoms with Crippen LogP contribution < -0.4 is 5.32 Å². The van der Waals surface area contributed by atoms with E-state index in [4.69, 9.17) is 4.55 Å². The number of nitrogens with one attached hydrogen (secondary N) is 1. The van der Waals surface area contributed by atoms with Crippen LogP contribution in [0.25, 0.3) is 0 Å². The Kier molecular flexibility index (Phi) is 7.16. The molecule has 0 heterocycles. The summed E-state index contributed by atoms with van der Waals surface area (Å²) in [6.45, 7) is 3.05. The maximum absolute atomic E-state index is 9.88. The van der Waals surface area contributed by atoms with Crippen molar-refractivity contribution in [3.63, 3.8) is 0 Å². The van der Waals surface area contributed by atoms with Crippen molar-refractivity contribution in [2.45, 2.75) is 19.8 Å². The molecule has 0 spiro atoms. The Morgan fingerprint density at radius 2 is 2.40 bits per heavy atom. The van der Waals surface area contributed by atoms with Crippen LogP contribution in [0.3, 0.4) is 0 Å². The largest absolute Gasteiger partial charge is 0.303 e. The van der Waals surface area contributed by atoms with Gasteiger partial charge >= 0.3 is 11.4 Å². The van der Waals surface area contributed by atoms with E-state index in [1.54, 1.807) is 0 Å². The zero-order valence-electron chi connectivity index (χ0n) is 6.00. The van der Waals surface area contributed by atoms with Gasteiger partial charge in [0.1, 0.15) is 6.73 Å². The minimum atomic E-state index is -2.13. The molecule has 0 aliphatic rings. The number of unbranched alkanes of at least 4 members (excludes halogenated alkanes) is 1. The SMILES string of the molecule is CCCCNCOS(=O)O. The van der Waals surface area contributed by atoms with Gasteiger partial charge in [-0.3, -0.25) is 14.1 Å². The van der Waals surface area contributed by atoms with Crippen molar-refractivity contribution < 1.29 is 12.9 Å². The second-order valence-electron chi connectivity index (χ2n) is 1.83. The fourth-order valence-corrected chi connectivity index (χ4v) is 0.650. The van der Waals surface area contributed by atoms with E-state index in [0.29, 0.717) is 0 Å². The molecule has 0 aromatic rings. The van der Waals surface area contributed by atoms with Crippen molar-refractivity contribution >= 4 is 11.4 Å². The van der Waals surface area contributed by atoms with Crippen molar-refractivity contribution in [2.24, 2.45) is 0 Å². The maximum atomic E-state index is 9.88. The Hall–Kier alpha value is 0.0300. The molecule has 1 unspecified atom stereocenters. The summed E-state index contributed by atoms with van der Waals surface area (Å²) in [5.41, 5.74) is 0. The molecule has 0 aliphatic carbocycles. The highest BCUT2D eigenvalue weighted by molar-refractivity contribution is 7.74. The highest BCUT2D eigenvalue weighted by Crippen LogP contribution is 1.82. The van der Waals surface area contributed by atoms with Crippen molar-refractivity contribution in [1.82, 2.24) is 5.32 Å². The van der Waals surface area contributed by atoms with Gasteiger partial charge in [0, 0.05) is 0 Å². The first-order valence-electron chi connectivity index (χ1n) is 3.22. The van der Waals surface area contributed by atoms with E-state index in [1.807, 2.05) is 0 Å². The standard InChI is InChI=1S/C5H13NO3S/c1-2-3-4-6-5-9-10(7)8/h6H,2-5H2,1H3,(H,7,8). The normalized spacial score (nSPS) is 13.4. The lowest BCUT2D eigenvalue weighted by atomic mass is 10.3. The van der Waals surface area contributed by atoms with Gasteiger partial charge in [0.05, 0.1) is 0 Å². The van der Waals surface area contributed by atoms with Crippen LogP contribution in [0.5, 0.6) is 0 Å². The van der Waals surface area contributed by atoms with Crippen LogP contribution in [-0.4, -0.2) is 22.0 Å². The highest BCUT2D eigenvalue weighted by atomic mass is 32.2. The van der Waals surface area contributed by atoms with Crippen LogP contribution in [-0.2, 0) is 15.5 Å². The molecule has 4 nitrogen and oxygen atoms in total. The highest BCUT2D eigenvalue weighted by Gasteiger charge is 1.90. The van der Waals surface area contributed by atoms with E-state index in [9.17, 15) is 4.21 Å². The van der Waals surface area contributed by atoms with Gasteiger partial charge in [-0.1, -0.05) is 13.3 Å². The molecule has 0 aliphatic heterocycles. The summed E-state index contributed by atoms with van der Waals surface area (Å²) < 4.78 is 22.3. The first-order valence-corrected chi connectivity index (χ1v) is 4.25. The van der Waals surface area contributed by atoms with E-state index < -0.39 is 11.4 Å². The van der Waals surface area contributed by atoms with Crippen molar-refractivity contribution in [3.8, 4) is 0 Å². The molecular weight excluding hydrogens is 154 g/mol. The third-order valence-corrected chi connectivity index (χ3v) is 1.29. The second kappa shape index (κ2) is 7.14. The molecule has 1 atom stereocenters. The monoisotopic (exact) mass is 167 g/mol. The third-order valence-electron chi connectivity index (χ3n) is 0.969. The lowest BCUT2D eigenvalue weighted by Crippen LogP contribution is -2.19. The van der Waals surface area contributed by atoms with Gasteiger partial charge in [0.15, 0.2) is 0 Å². The average molecular weight is 167 g/mol. The van der Waals surface area contributed by atoms with Gasteiger partial charge in [-0.2, -0.15) is 4.21 Å². The van der Waals surface area contributed by atoms with Crippen LogP contribution in [0.2, 0.25) is 0 Å². The van der Waals surface area contributed by atoms with E-state index in [0.717, 1.165) is 19.4 Å². The molecule has 0 rings (SSSR count). The van der Waals surface area contributed by atoms with Gasteiger partial charge in [0.2, 0.25) is 0 Å². The van der Waals surface area contributed by atoms with Crippen molar-refractivity contribution in [1.29, 1.82) is 0 Å². The van der Waals surface area contributed by atoms with Crippen molar-refractivity contribution in [3.05, 3.63) is 0 Å². The van der Waals surface area contributed by atoms with Crippen LogP contribution in [0.15, 0.2) is 0 Å². The van der Waals surface area contributed by atoms with E-state index in [-0.39, 0.29) is 6.73 Å². The summed E-state index contributed by atoms with van der Waals surface area (Å²) in [5.74, 6) is 0. The molecule has 0 aromatic heterocycles. The molecule has 0 fully saturated rings. The Bertz CT molecular complexity index is 98.9. The third kappa shape index (κ3) is 8.03. The second-order valence-corrected chi connectivity index (χ2v) is 2.50. The summed E-state index contributed by atoms with van der Waals surface area (Å²) in [6, 6.07) is 0. The molecule has 0 bridgehead atoms. The van der Waals surface area contributed by atoms with E-state index in [1.165, 1.54) is 0 Å². The van der Waals surface area contributed by atoms with Gasteiger partial charge in [-0.15, -0.1) is 0 Å². The topological polar surface area (TPSA) is 58.6 Å². The predicted molar refractivity (Wildman–Crippen MR) is 39.6 cm³/mol. The zero-order chi connectivity index (χ0) is 7.82. The summed E-state index contributed by atoms with van der Waals surface area (Å²) in [4.78, 5) is 0. The quantitative estimate of drug-likeness (QED) is 0.343. The number of hydrogen-bond acceptors (Lipinski definition) is 3. The van der Waals surface area contributed by atoms with Gasteiger partial charge in [-0.05, 0) is 13.0 Å². The summed E-state index contributed by atoms with van der Waals surface area (Å²) in [7, 11) is 0. The summed E-state index contributed by atoms with van der Waals surface area (Å²) >= 11 is -2.13. The molecule has 0 saturated heterocycles. The summed E-state index contributed by atoms with van der Waals surface area (Å²) in [5, 5.41) is 2.84. The fraction of sp³-hybridized carbons (Fsp3) is 1.00. The minimum Gasteiger partial charge on any atom is -0.294 e. The lowest BCUT2D eigenvalue weighted by molar-refractivity contribution is 0.278. The van der Waals surface area contributed by atoms with E-state index in [2.05, 4.69) is 16.4 Å². The molecule has 0 radical (unpaired) electrons. The number of rotatable bonds is 6. The molecule has 2 N–H and O–H groups in total. The molecule has 0 amide bonds. The molecule has 0 saturated carbocycles. The Morgan fingerprint density at radius 1 is 1.70 bits per heavy atom. The fourth-order valence-electron chi connectivity index (χ4n) is 0.466. The first kappa shape index (κ1) is 10.0. The first-order chi connectivity index (χ1) is 4.77. The zero-order valence-corrected chi connectivity index (χ0v) is 6.82. The average Bonchev–Trinajstić information content (AvgIpc) is 1.87. The van der Waals surface area contributed by atoms with Crippen LogP contribution in [0.1, 0.15) is 19.8 Å². The van der Waals surface area contributed by atoms with E-state index >= 15 is 0 Å². The maximum Gasteiger partial charge on any atom is 0.303 e. The number of hydrogen-bond donors (Lipinski definition) is 2. The molecular formula is C5H13NO3S. The van der Waals surface area contributed by atoms with Gasteiger partial charge < -0.3 is 0 Å². The Morgan fingerprint density at radius 3 is 2.90 bits per heavy atom. The van der Waals surface area contributed by atoms with Crippen LogP contribution in [0.4, 0.5) is 0 Å². The summed E-state index contributed by atoms with van der Waals surface area (Å²) in [6.07, 6.45) is 2.16. The van der Waals surface area contributed by atoms with Gasteiger partial charge in [0.25, 0.3) is 0 Å². The molecule has 62 valence electrons. The minimum absolute atomic E-state index is 0.142. The Labute approximate surface area is 63.4 Å². The lowest BCUT2D eigenvalue weighted by Gasteiger charge is -1.99. The predicted octanol–water partition coefficient (Wildman–Crippen LogP) is 0.487. The Balaban J connectivity index is 2.84. The van der Waals surface area contributed by atoms with Gasteiger partial charge in [-0.25, -0.2) is 0 Å². The molecule has 5 heteroatoms. The molecule has 0 aromatic carbocycles. The van der Waals surface area contributed by atoms with Crippen molar-refractivity contribution in [2.75, 3.05) is 13.3 Å². The smallest absolute Gasteiger partial charge is 0.294 e. The van der Waals surface area contributed by atoms with Crippen LogP contribution in [0, 0.1) is 0 Å².